The van der Waals surface area contributed by atoms with Crippen LogP contribution in [0.2, 0.25) is 0 Å². The standard InChI is InChI=1S/C14H28/c1-6-7-8-14(5)10-12(2)9-13(3,4)11-14/h12H,6-11H2,1-5H3. The average Bonchev–Trinajstić information content (AvgIpc) is 1.96. The highest BCUT2D eigenvalue weighted by atomic mass is 14.4. The summed E-state index contributed by atoms with van der Waals surface area (Å²) in [6.45, 7) is 12.2. The summed E-state index contributed by atoms with van der Waals surface area (Å²) in [5.74, 6) is 0.931. The van der Waals surface area contributed by atoms with Gasteiger partial charge in [-0.3, -0.25) is 0 Å². The van der Waals surface area contributed by atoms with Gasteiger partial charge in [-0.05, 0) is 42.4 Å². The van der Waals surface area contributed by atoms with Gasteiger partial charge in [-0.25, -0.2) is 0 Å². The second-order valence-corrected chi connectivity index (χ2v) is 6.77. The van der Waals surface area contributed by atoms with Crippen LogP contribution < -0.4 is 0 Å². The van der Waals surface area contributed by atoms with E-state index in [9.17, 15) is 0 Å². The van der Waals surface area contributed by atoms with Crippen molar-refractivity contribution in [1.82, 2.24) is 0 Å². The van der Waals surface area contributed by atoms with Gasteiger partial charge in [0.15, 0.2) is 0 Å². The summed E-state index contributed by atoms with van der Waals surface area (Å²) < 4.78 is 0. The van der Waals surface area contributed by atoms with E-state index in [-0.39, 0.29) is 0 Å². The Labute approximate surface area is 90.5 Å². The minimum Gasteiger partial charge on any atom is -0.0654 e. The van der Waals surface area contributed by atoms with Crippen LogP contribution in [0.25, 0.3) is 0 Å². The molecule has 0 N–H and O–H groups in total. The van der Waals surface area contributed by atoms with E-state index in [4.69, 9.17) is 0 Å². The molecule has 0 aromatic rings. The van der Waals surface area contributed by atoms with Crippen LogP contribution in [-0.2, 0) is 0 Å². The molecule has 2 unspecified atom stereocenters. The predicted molar refractivity (Wildman–Crippen MR) is 64.4 cm³/mol. The molecule has 1 rings (SSSR count). The molecule has 0 nitrogen and oxygen atoms in total. The maximum Gasteiger partial charge on any atom is -0.0318 e. The predicted octanol–water partition coefficient (Wildman–Crippen LogP) is 5.03. The van der Waals surface area contributed by atoms with Crippen LogP contribution in [0.15, 0.2) is 0 Å². The second-order valence-electron chi connectivity index (χ2n) is 6.77. The smallest absolute Gasteiger partial charge is 0.0318 e. The van der Waals surface area contributed by atoms with Crippen LogP contribution in [0, 0.1) is 16.7 Å². The van der Waals surface area contributed by atoms with Gasteiger partial charge in [0.25, 0.3) is 0 Å². The largest absolute Gasteiger partial charge is 0.0654 e. The minimum absolute atomic E-state index is 0.583. The van der Waals surface area contributed by atoms with Crippen molar-refractivity contribution in [2.24, 2.45) is 16.7 Å². The summed E-state index contributed by atoms with van der Waals surface area (Å²) in [6.07, 6.45) is 8.52. The van der Waals surface area contributed by atoms with Crippen LogP contribution in [0.5, 0.6) is 0 Å². The van der Waals surface area contributed by atoms with E-state index in [1.54, 1.807) is 0 Å². The van der Waals surface area contributed by atoms with E-state index in [0.29, 0.717) is 10.8 Å². The zero-order valence-corrected chi connectivity index (χ0v) is 10.8. The highest BCUT2D eigenvalue weighted by Gasteiger charge is 2.38. The lowest BCUT2D eigenvalue weighted by atomic mass is 9.59. The third-order valence-electron chi connectivity index (χ3n) is 3.78. The van der Waals surface area contributed by atoms with Gasteiger partial charge in [-0.1, -0.05) is 47.5 Å². The van der Waals surface area contributed by atoms with Crippen molar-refractivity contribution in [3.63, 3.8) is 0 Å². The molecular formula is C14H28. The van der Waals surface area contributed by atoms with Crippen molar-refractivity contribution in [3.8, 4) is 0 Å². The Kier molecular flexibility index (Phi) is 3.66. The lowest BCUT2D eigenvalue weighted by molar-refractivity contribution is 0.0526. The molecule has 0 amide bonds. The van der Waals surface area contributed by atoms with Crippen LogP contribution in [0.4, 0.5) is 0 Å². The molecule has 14 heavy (non-hydrogen) atoms. The van der Waals surface area contributed by atoms with Crippen molar-refractivity contribution in [2.75, 3.05) is 0 Å². The molecule has 0 bridgehead atoms. The molecule has 0 aromatic carbocycles. The van der Waals surface area contributed by atoms with Crippen molar-refractivity contribution in [1.29, 1.82) is 0 Å². The summed E-state index contributed by atoms with van der Waals surface area (Å²) in [6, 6.07) is 0. The molecule has 1 aliphatic carbocycles. The third-order valence-corrected chi connectivity index (χ3v) is 3.78. The fraction of sp³-hybridized carbons (Fsp3) is 1.00. The Balaban J connectivity index is 2.59. The third kappa shape index (κ3) is 3.29. The first-order valence-electron chi connectivity index (χ1n) is 6.37. The molecule has 0 aliphatic heterocycles. The molecule has 0 heterocycles. The first kappa shape index (κ1) is 12.1. The van der Waals surface area contributed by atoms with Crippen LogP contribution in [0.1, 0.15) is 73.1 Å². The zero-order chi connectivity index (χ0) is 10.8. The summed E-state index contributed by atoms with van der Waals surface area (Å²) in [5.41, 5.74) is 1.22. The highest BCUT2D eigenvalue weighted by molar-refractivity contribution is 4.90. The van der Waals surface area contributed by atoms with E-state index >= 15 is 0 Å². The molecule has 1 fully saturated rings. The lowest BCUT2D eigenvalue weighted by Crippen LogP contribution is -2.34. The second kappa shape index (κ2) is 4.24. The minimum atomic E-state index is 0.583. The van der Waals surface area contributed by atoms with Crippen molar-refractivity contribution < 1.29 is 0 Å². The summed E-state index contributed by atoms with van der Waals surface area (Å²) >= 11 is 0. The van der Waals surface area contributed by atoms with Gasteiger partial charge >= 0.3 is 0 Å². The Hall–Kier alpha value is 0. The van der Waals surface area contributed by atoms with Crippen molar-refractivity contribution >= 4 is 0 Å². The van der Waals surface area contributed by atoms with Gasteiger partial charge in [0.1, 0.15) is 0 Å². The molecule has 0 radical (unpaired) electrons. The molecular weight excluding hydrogens is 168 g/mol. The number of hydrogen-bond acceptors (Lipinski definition) is 0. The Morgan fingerprint density at radius 1 is 1.14 bits per heavy atom. The lowest BCUT2D eigenvalue weighted by Gasteiger charge is -2.46. The van der Waals surface area contributed by atoms with Gasteiger partial charge in [0.2, 0.25) is 0 Å². The molecule has 0 spiro atoms. The molecule has 0 heteroatoms. The van der Waals surface area contributed by atoms with Crippen LogP contribution in [0.3, 0.4) is 0 Å². The maximum atomic E-state index is 2.51. The van der Waals surface area contributed by atoms with Gasteiger partial charge in [0.05, 0.1) is 0 Å². The van der Waals surface area contributed by atoms with E-state index in [2.05, 4.69) is 34.6 Å². The summed E-state index contributed by atoms with van der Waals surface area (Å²) in [7, 11) is 0. The Morgan fingerprint density at radius 2 is 1.79 bits per heavy atom. The summed E-state index contributed by atoms with van der Waals surface area (Å²) in [5, 5.41) is 0. The topological polar surface area (TPSA) is 0 Å². The van der Waals surface area contributed by atoms with E-state index in [1.165, 1.54) is 38.5 Å². The average molecular weight is 196 g/mol. The fourth-order valence-corrected chi connectivity index (χ4v) is 3.95. The molecule has 84 valence electrons. The molecule has 1 aliphatic rings. The zero-order valence-electron chi connectivity index (χ0n) is 10.8. The Morgan fingerprint density at radius 3 is 2.29 bits per heavy atom. The van der Waals surface area contributed by atoms with E-state index < -0.39 is 0 Å². The van der Waals surface area contributed by atoms with Gasteiger partial charge < -0.3 is 0 Å². The number of unbranched alkanes of at least 4 members (excludes halogenated alkanes) is 1. The van der Waals surface area contributed by atoms with Crippen molar-refractivity contribution in [2.45, 2.75) is 73.1 Å². The van der Waals surface area contributed by atoms with E-state index in [0.717, 1.165) is 5.92 Å². The maximum absolute atomic E-state index is 2.51. The first-order valence-corrected chi connectivity index (χ1v) is 6.37. The van der Waals surface area contributed by atoms with Crippen molar-refractivity contribution in [3.05, 3.63) is 0 Å². The van der Waals surface area contributed by atoms with Crippen LogP contribution in [-0.4, -0.2) is 0 Å². The van der Waals surface area contributed by atoms with Gasteiger partial charge in [0, 0.05) is 0 Å². The molecule has 0 saturated heterocycles. The van der Waals surface area contributed by atoms with Gasteiger partial charge in [-0.15, -0.1) is 0 Å². The van der Waals surface area contributed by atoms with E-state index in [1.807, 2.05) is 0 Å². The summed E-state index contributed by atoms with van der Waals surface area (Å²) in [4.78, 5) is 0. The SMILES string of the molecule is CCCCC1(C)CC(C)CC(C)(C)C1. The van der Waals surface area contributed by atoms with Gasteiger partial charge in [-0.2, -0.15) is 0 Å². The normalized spacial score (nSPS) is 37.1. The fourth-order valence-electron chi connectivity index (χ4n) is 3.95. The quantitative estimate of drug-likeness (QED) is 0.594. The molecule has 2 atom stereocenters. The molecule has 0 aromatic heterocycles. The van der Waals surface area contributed by atoms with Crippen LogP contribution >= 0.6 is 0 Å². The number of hydrogen-bond donors (Lipinski definition) is 0. The monoisotopic (exact) mass is 196 g/mol. The number of rotatable bonds is 3. The highest BCUT2D eigenvalue weighted by Crippen LogP contribution is 2.50. The molecule has 1 saturated carbocycles. The Bertz CT molecular complexity index is 180. The first-order chi connectivity index (χ1) is 6.37.